The maximum Gasteiger partial charge on any atom is 0.435 e. The van der Waals surface area contributed by atoms with E-state index in [0.717, 1.165) is 6.29 Å². The second kappa shape index (κ2) is 5.55. The van der Waals surface area contributed by atoms with Crippen LogP contribution in [0.2, 0.25) is 0 Å². The van der Waals surface area contributed by atoms with Crippen molar-refractivity contribution in [2.24, 2.45) is 0 Å². The quantitative estimate of drug-likeness (QED) is 0.693. The molecule has 0 atom stereocenters. The third-order valence-corrected chi connectivity index (χ3v) is 2.88. The minimum atomic E-state index is -0.612. The third kappa shape index (κ3) is 3.21. The Balaban J connectivity index is 2.52. The van der Waals surface area contributed by atoms with Gasteiger partial charge in [0.1, 0.15) is 11.9 Å². The molecule has 2 rings (SSSR count). The Morgan fingerprint density at radius 2 is 2.14 bits per heavy atom. The standard InChI is InChI=1S/C15H19N3O3/c1-15(2,3)21-14(20)18-12-8-4-6-10(16)13(12)11(17-18)7-5-9-19/h4,6,8-9H,5,7,16H2,1-3H3. The van der Waals surface area contributed by atoms with Crippen molar-refractivity contribution in [3.05, 3.63) is 23.9 Å². The summed E-state index contributed by atoms with van der Waals surface area (Å²) in [6.45, 7) is 5.37. The highest BCUT2D eigenvalue weighted by atomic mass is 16.6. The summed E-state index contributed by atoms with van der Waals surface area (Å²) in [5.74, 6) is 0. The van der Waals surface area contributed by atoms with E-state index in [1.54, 1.807) is 39.0 Å². The Morgan fingerprint density at radius 1 is 1.43 bits per heavy atom. The normalized spacial score (nSPS) is 11.6. The van der Waals surface area contributed by atoms with Crippen molar-refractivity contribution >= 4 is 29.0 Å². The van der Waals surface area contributed by atoms with Gasteiger partial charge in [0.15, 0.2) is 0 Å². The number of aldehydes is 1. The van der Waals surface area contributed by atoms with E-state index >= 15 is 0 Å². The lowest BCUT2D eigenvalue weighted by Crippen LogP contribution is -2.27. The maximum absolute atomic E-state index is 12.2. The number of hydrogen-bond donors (Lipinski definition) is 1. The van der Waals surface area contributed by atoms with Crippen LogP contribution in [-0.2, 0) is 16.0 Å². The van der Waals surface area contributed by atoms with Gasteiger partial charge in [0.2, 0.25) is 0 Å². The van der Waals surface area contributed by atoms with E-state index in [2.05, 4.69) is 5.10 Å². The molecule has 0 unspecified atom stereocenters. The fourth-order valence-electron chi connectivity index (χ4n) is 2.09. The molecule has 112 valence electrons. The fraction of sp³-hybridized carbons (Fsp3) is 0.400. The number of aryl methyl sites for hydroxylation is 1. The number of carbonyl (C=O) groups is 2. The molecule has 0 aliphatic rings. The molecule has 1 heterocycles. The van der Waals surface area contributed by atoms with Gasteiger partial charge in [-0.25, -0.2) is 4.79 Å². The van der Waals surface area contributed by atoms with Crippen LogP contribution in [0.4, 0.5) is 10.5 Å². The first kappa shape index (κ1) is 15.0. The molecule has 1 aromatic heterocycles. The molecule has 0 bridgehead atoms. The maximum atomic E-state index is 12.2. The summed E-state index contributed by atoms with van der Waals surface area (Å²) in [5.41, 5.74) is 7.11. The topological polar surface area (TPSA) is 87.2 Å². The SMILES string of the molecule is CC(C)(C)OC(=O)n1nc(CCC=O)c2c(N)cccc21. The molecule has 0 saturated carbocycles. The van der Waals surface area contributed by atoms with E-state index in [4.69, 9.17) is 10.5 Å². The zero-order valence-electron chi connectivity index (χ0n) is 12.4. The first-order chi connectivity index (χ1) is 9.83. The number of fused-ring (bicyclic) bond motifs is 1. The highest BCUT2D eigenvalue weighted by Crippen LogP contribution is 2.26. The van der Waals surface area contributed by atoms with Crippen LogP contribution in [0.5, 0.6) is 0 Å². The number of aromatic nitrogens is 2. The predicted octanol–water partition coefficient (Wildman–Crippen LogP) is 2.53. The van der Waals surface area contributed by atoms with Crippen LogP contribution in [0.25, 0.3) is 10.9 Å². The minimum Gasteiger partial charge on any atom is -0.442 e. The Labute approximate surface area is 122 Å². The molecule has 0 fully saturated rings. The van der Waals surface area contributed by atoms with Crippen LogP contribution >= 0.6 is 0 Å². The first-order valence-corrected chi connectivity index (χ1v) is 6.76. The Hall–Kier alpha value is -2.37. The van der Waals surface area contributed by atoms with Crippen molar-refractivity contribution in [1.82, 2.24) is 9.78 Å². The number of nitrogen functional groups attached to an aromatic ring is 1. The van der Waals surface area contributed by atoms with Gasteiger partial charge in [-0.15, -0.1) is 0 Å². The average molecular weight is 289 g/mol. The predicted molar refractivity (Wildman–Crippen MR) is 80.2 cm³/mol. The molecule has 2 aromatic rings. The van der Waals surface area contributed by atoms with E-state index in [1.807, 2.05) is 0 Å². The van der Waals surface area contributed by atoms with E-state index in [9.17, 15) is 9.59 Å². The summed E-state index contributed by atoms with van der Waals surface area (Å²) in [5, 5.41) is 4.97. The van der Waals surface area contributed by atoms with Gasteiger partial charge in [-0.3, -0.25) is 0 Å². The largest absolute Gasteiger partial charge is 0.442 e. The molecule has 0 radical (unpaired) electrons. The number of nitrogens with two attached hydrogens (primary N) is 1. The Bertz CT molecular complexity index is 683. The second-order valence-corrected chi connectivity index (χ2v) is 5.79. The van der Waals surface area contributed by atoms with Gasteiger partial charge in [-0.2, -0.15) is 9.78 Å². The average Bonchev–Trinajstić information content (AvgIpc) is 2.74. The molecule has 21 heavy (non-hydrogen) atoms. The van der Waals surface area contributed by atoms with Crippen molar-refractivity contribution in [1.29, 1.82) is 0 Å². The van der Waals surface area contributed by atoms with Crippen LogP contribution in [0, 0.1) is 0 Å². The molecule has 6 heteroatoms. The van der Waals surface area contributed by atoms with Gasteiger partial charge >= 0.3 is 6.09 Å². The molecule has 0 saturated heterocycles. The molecule has 6 nitrogen and oxygen atoms in total. The zero-order valence-corrected chi connectivity index (χ0v) is 12.4. The summed E-state index contributed by atoms with van der Waals surface area (Å²) in [7, 11) is 0. The lowest BCUT2D eigenvalue weighted by molar-refractivity contribution is -0.107. The highest BCUT2D eigenvalue weighted by Gasteiger charge is 2.22. The van der Waals surface area contributed by atoms with Gasteiger partial charge in [-0.05, 0) is 39.3 Å². The van der Waals surface area contributed by atoms with Gasteiger partial charge in [0.05, 0.1) is 11.2 Å². The number of benzene rings is 1. The van der Waals surface area contributed by atoms with E-state index in [-0.39, 0.29) is 0 Å². The van der Waals surface area contributed by atoms with Gasteiger partial charge in [-0.1, -0.05) is 6.07 Å². The molecular weight excluding hydrogens is 270 g/mol. The molecule has 0 aliphatic heterocycles. The summed E-state index contributed by atoms with van der Waals surface area (Å²) in [6.07, 6.45) is 1.02. The number of anilines is 1. The van der Waals surface area contributed by atoms with Crippen molar-refractivity contribution in [2.75, 3.05) is 5.73 Å². The number of rotatable bonds is 3. The molecule has 2 N–H and O–H groups in total. The second-order valence-electron chi connectivity index (χ2n) is 5.79. The van der Waals surface area contributed by atoms with Crippen molar-refractivity contribution in [3.8, 4) is 0 Å². The van der Waals surface area contributed by atoms with Gasteiger partial charge in [0, 0.05) is 17.5 Å². The lowest BCUT2D eigenvalue weighted by Gasteiger charge is -2.19. The minimum absolute atomic E-state index is 0.328. The summed E-state index contributed by atoms with van der Waals surface area (Å²) < 4.78 is 6.55. The summed E-state index contributed by atoms with van der Waals surface area (Å²) in [6, 6.07) is 5.25. The Morgan fingerprint density at radius 3 is 2.76 bits per heavy atom. The van der Waals surface area contributed by atoms with Gasteiger partial charge < -0.3 is 15.3 Å². The number of nitrogens with zero attached hydrogens (tertiary/aromatic N) is 2. The third-order valence-electron chi connectivity index (χ3n) is 2.88. The summed E-state index contributed by atoms with van der Waals surface area (Å²) in [4.78, 5) is 22.8. The van der Waals surface area contributed by atoms with Crippen molar-refractivity contribution < 1.29 is 14.3 Å². The zero-order chi connectivity index (χ0) is 15.6. The van der Waals surface area contributed by atoms with E-state index < -0.39 is 11.7 Å². The number of hydrogen-bond acceptors (Lipinski definition) is 5. The van der Waals surface area contributed by atoms with E-state index in [0.29, 0.717) is 35.1 Å². The molecule has 0 amide bonds. The lowest BCUT2D eigenvalue weighted by atomic mass is 10.1. The monoisotopic (exact) mass is 289 g/mol. The van der Waals surface area contributed by atoms with Crippen LogP contribution in [-0.4, -0.2) is 27.8 Å². The smallest absolute Gasteiger partial charge is 0.435 e. The highest BCUT2D eigenvalue weighted by molar-refractivity contribution is 5.97. The van der Waals surface area contributed by atoms with Crippen LogP contribution in [0.3, 0.4) is 0 Å². The van der Waals surface area contributed by atoms with Crippen LogP contribution in [0.1, 0.15) is 32.9 Å². The molecule has 0 spiro atoms. The van der Waals surface area contributed by atoms with Crippen molar-refractivity contribution in [3.63, 3.8) is 0 Å². The Kier molecular flexibility index (Phi) is 3.97. The van der Waals surface area contributed by atoms with Crippen LogP contribution < -0.4 is 5.73 Å². The van der Waals surface area contributed by atoms with Crippen LogP contribution in [0.15, 0.2) is 18.2 Å². The molecular formula is C15H19N3O3. The van der Waals surface area contributed by atoms with Gasteiger partial charge in [0.25, 0.3) is 0 Å². The van der Waals surface area contributed by atoms with E-state index in [1.165, 1.54) is 4.68 Å². The first-order valence-electron chi connectivity index (χ1n) is 6.76. The number of carbonyl (C=O) groups excluding carboxylic acids is 2. The molecule has 1 aromatic carbocycles. The molecule has 0 aliphatic carbocycles. The van der Waals surface area contributed by atoms with Crippen molar-refractivity contribution in [2.45, 2.75) is 39.2 Å². The number of ether oxygens (including phenoxy) is 1. The fourth-order valence-corrected chi connectivity index (χ4v) is 2.09. The summed E-state index contributed by atoms with van der Waals surface area (Å²) >= 11 is 0.